The first kappa shape index (κ1) is 11.9. The molecule has 0 heterocycles. The monoisotopic (exact) mass is 284 g/mol. The van der Waals surface area contributed by atoms with Gasteiger partial charge in [-0.25, -0.2) is 0 Å². The van der Waals surface area contributed by atoms with Gasteiger partial charge in [0.2, 0.25) is 0 Å². The number of phenolic OH excluding ortho intramolecular Hbond substituents is 1. The lowest BCUT2D eigenvalue weighted by molar-refractivity contribution is 0.270. The highest BCUT2D eigenvalue weighted by Gasteiger charge is 2.20. The Kier molecular flexibility index (Phi) is 3.55. The van der Waals surface area contributed by atoms with Crippen LogP contribution in [0.5, 0.6) is 5.75 Å². The second kappa shape index (κ2) is 4.76. The number of aromatic hydroxyl groups is 1. The second-order valence-electron chi connectivity index (χ2n) is 4.56. The maximum absolute atomic E-state index is 10.1. The zero-order valence-electron chi connectivity index (χ0n) is 9.46. The molecule has 0 saturated carbocycles. The van der Waals surface area contributed by atoms with Crippen LogP contribution in [0.1, 0.15) is 42.4 Å². The molecule has 0 bridgehead atoms. The predicted molar refractivity (Wildman–Crippen MR) is 67.9 cm³/mol. The molecule has 1 atom stereocenters. The number of hydrogen-bond donors (Lipinski definition) is 2. The van der Waals surface area contributed by atoms with Gasteiger partial charge < -0.3 is 10.2 Å². The van der Waals surface area contributed by atoms with Gasteiger partial charge in [-0.15, -0.1) is 0 Å². The number of aliphatic hydroxyl groups excluding tert-OH is 1. The van der Waals surface area contributed by atoms with Crippen molar-refractivity contribution in [3.63, 3.8) is 0 Å². The van der Waals surface area contributed by atoms with Crippen LogP contribution in [0, 0.1) is 0 Å². The normalized spacial score (nSPS) is 16.9. The summed E-state index contributed by atoms with van der Waals surface area (Å²) in [6.45, 7) is 2.00. The van der Waals surface area contributed by atoms with Gasteiger partial charge in [-0.1, -0.05) is 13.0 Å². The van der Waals surface area contributed by atoms with E-state index in [2.05, 4.69) is 22.0 Å². The molecular formula is C13H17BrO2. The fourth-order valence-corrected chi connectivity index (χ4v) is 3.02. The fourth-order valence-electron chi connectivity index (χ4n) is 2.34. The number of hydrogen-bond acceptors (Lipinski definition) is 2. The number of benzene rings is 1. The maximum atomic E-state index is 10.1. The zero-order chi connectivity index (χ0) is 11.7. The Bertz CT molecular complexity index is 401. The van der Waals surface area contributed by atoms with Gasteiger partial charge in [0, 0.05) is 18.1 Å². The van der Waals surface area contributed by atoms with Gasteiger partial charge in [0.05, 0.1) is 4.47 Å². The van der Waals surface area contributed by atoms with E-state index in [-0.39, 0.29) is 12.5 Å². The van der Waals surface area contributed by atoms with E-state index in [0.717, 1.165) is 22.9 Å². The Balaban J connectivity index is 2.52. The molecule has 0 saturated heterocycles. The first-order valence-corrected chi connectivity index (χ1v) is 6.58. The summed E-state index contributed by atoms with van der Waals surface area (Å²) >= 11 is 3.48. The Morgan fingerprint density at radius 1 is 1.38 bits per heavy atom. The molecule has 2 nitrogen and oxygen atoms in total. The lowest BCUT2D eigenvalue weighted by atomic mass is 9.87. The van der Waals surface area contributed by atoms with Gasteiger partial charge in [0.1, 0.15) is 5.75 Å². The van der Waals surface area contributed by atoms with E-state index >= 15 is 0 Å². The molecule has 1 aliphatic rings. The van der Waals surface area contributed by atoms with Crippen LogP contribution in [0.3, 0.4) is 0 Å². The van der Waals surface area contributed by atoms with Gasteiger partial charge >= 0.3 is 0 Å². The van der Waals surface area contributed by atoms with Crippen molar-refractivity contribution in [1.29, 1.82) is 0 Å². The predicted octanol–water partition coefficient (Wildman–Crippen LogP) is 3.13. The third kappa shape index (κ3) is 1.98. The number of aryl methyl sites for hydroxylation is 1. The van der Waals surface area contributed by atoms with E-state index in [9.17, 15) is 10.2 Å². The summed E-state index contributed by atoms with van der Waals surface area (Å²) in [5.74, 6) is 0.297. The van der Waals surface area contributed by atoms with Gasteiger partial charge in [-0.3, -0.25) is 0 Å². The van der Waals surface area contributed by atoms with Crippen molar-refractivity contribution < 1.29 is 10.2 Å². The highest BCUT2D eigenvalue weighted by atomic mass is 79.9. The summed E-state index contributed by atoms with van der Waals surface area (Å²) in [5.41, 5.74) is 3.43. The van der Waals surface area contributed by atoms with E-state index in [1.54, 1.807) is 0 Å². The summed E-state index contributed by atoms with van der Waals surface area (Å²) in [7, 11) is 0. The van der Waals surface area contributed by atoms with Crippen molar-refractivity contribution in [2.45, 2.75) is 38.5 Å². The quantitative estimate of drug-likeness (QED) is 0.876. The molecule has 88 valence electrons. The smallest absolute Gasteiger partial charge is 0.133 e. The molecule has 1 aromatic carbocycles. The van der Waals surface area contributed by atoms with Gasteiger partial charge in [-0.2, -0.15) is 0 Å². The van der Waals surface area contributed by atoms with Gasteiger partial charge in [-0.05, 0) is 52.7 Å². The average molecular weight is 285 g/mol. The van der Waals surface area contributed by atoms with Crippen molar-refractivity contribution in [1.82, 2.24) is 0 Å². The first-order chi connectivity index (χ1) is 7.65. The SMILES string of the molecule is CC(CO)c1cc2c(c(Br)c1O)CCCC2. The van der Waals surface area contributed by atoms with E-state index in [1.807, 2.05) is 6.92 Å². The summed E-state index contributed by atoms with van der Waals surface area (Å²) in [6.07, 6.45) is 4.54. The van der Waals surface area contributed by atoms with E-state index in [0.29, 0.717) is 5.75 Å². The number of halogens is 1. The van der Waals surface area contributed by atoms with Crippen LogP contribution in [0.15, 0.2) is 10.5 Å². The van der Waals surface area contributed by atoms with E-state index < -0.39 is 0 Å². The molecule has 0 aromatic heterocycles. The standard InChI is InChI=1S/C13H17BrO2/c1-8(7-15)11-6-9-4-2-3-5-10(9)12(14)13(11)16/h6,8,15-16H,2-5,7H2,1H3. The largest absolute Gasteiger partial charge is 0.506 e. The first-order valence-electron chi connectivity index (χ1n) is 5.79. The number of fused-ring (bicyclic) bond motifs is 1. The Morgan fingerprint density at radius 2 is 2.06 bits per heavy atom. The molecule has 0 radical (unpaired) electrons. The summed E-state index contributed by atoms with van der Waals surface area (Å²) in [5, 5.41) is 19.3. The lowest BCUT2D eigenvalue weighted by Gasteiger charge is -2.22. The molecule has 1 unspecified atom stereocenters. The minimum absolute atomic E-state index is 0.0106. The summed E-state index contributed by atoms with van der Waals surface area (Å²) in [4.78, 5) is 0. The molecule has 0 spiro atoms. The molecule has 1 aromatic rings. The average Bonchev–Trinajstić information content (AvgIpc) is 2.33. The van der Waals surface area contributed by atoms with Crippen LogP contribution in [-0.4, -0.2) is 16.8 Å². The molecule has 3 heteroatoms. The molecule has 1 aliphatic carbocycles. The van der Waals surface area contributed by atoms with Crippen molar-refractivity contribution in [2.24, 2.45) is 0 Å². The van der Waals surface area contributed by atoms with Crippen molar-refractivity contribution in [3.05, 3.63) is 27.2 Å². The molecule has 2 rings (SSSR count). The number of aliphatic hydroxyl groups is 1. The van der Waals surface area contributed by atoms with Crippen LogP contribution < -0.4 is 0 Å². The van der Waals surface area contributed by atoms with Gasteiger partial charge in [0.25, 0.3) is 0 Å². The molecule has 0 amide bonds. The fraction of sp³-hybridized carbons (Fsp3) is 0.538. The minimum atomic E-state index is -0.0106. The zero-order valence-corrected chi connectivity index (χ0v) is 11.0. The minimum Gasteiger partial charge on any atom is -0.506 e. The third-order valence-electron chi connectivity index (χ3n) is 3.39. The molecule has 16 heavy (non-hydrogen) atoms. The highest BCUT2D eigenvalue weighted by molar-refractivity contribution is 9.10. The second-order valence-corrected chi connectivity index (χ2v) is 5.35. The summed E-state index contributed by atoms with van der Waals surface area (Å²) < 4.78 is 0.833. The van der Waals surface area contributed by atoms with Gasteiger partial charge in [0.15, 0.2) is 0 Å². The summed E-state index contributed by atoms with van der Waals surface area (Å²) in [6, 6.07) is 2.06. The molecule has 2 N–H and O–H groups in total. The molecule has 0 fully saturated rings. The van der Waals surface area contributed by atoms with Crippen molar-refractivity contribution in [2.75, 3.05) is 6.61 Å². The van der Waals surface area contributed by atoms with E-state index in [4.69, 9.17) is 0 Å². The van der Waals surface area contributed by atoms with Crippen LogP contribution in [0.2, 0.25) is 0 Å². The third-order valence-corrected chi connectivity index (χ3v) is 4.25. The topological polar surface area (TPSA) is 40.5 Å². The Labute approximate surface area is 104 Å². The van der Waals surface area contributed by atoms with E-state index in [1.165, 1.54) is 24.0 Å². The van der Waals surface area contributed by atoms with Crippen LogP contribution in [0.25, 0.3) is 0 Å². The maximum Gasteiger partial charge on any atom is 0.133 e. The van der Waals surface area contributed by atoms with Crippen LogP contribution in [-0.2, 0) is 12.8 Å². The Morgan fingerprint density at radius 3 is 2.75 bits per heavy atom. The number of phenols is 1. The van der Waals surface area contributed by atoms with Crippen LogP contribution >= 0.6 is 15.9 Å². The van der Waals surface area contributed by atoms with Crippen molar-refractivity contribution >= 4 is 15.9 Å². The Hall–Kier alpha value is -0.540. The molecular weight excluding hydrogens is 268 g/mol. The number of rotatable bonds is 2. The molecule has 0 aliphatic heterocycles. The lowest BCUT2D eigenvalue weighted by Crippen LogP contribution is -2.08. The highest BCUT2D eigenvalue weighted by Crippen LogP contribution is 2.40. The van der Waals surface area contributed by atoms with Crippen molar-refractivity contribution in [3.8, 4) is 5.75 Å². The van der Waals surface area contributed by atoms with Crippen LogP contribution in [0.4, 0.5) is 0 Å².